The van der Waals surface area contributed by atoms with Gasteiger partial charge in [-0.2, -0.15) is 4.89 Å². The van der Waals surface area contributed by atoms with Gasteiger partial charge in [-0.15, -0.1) is 0 Å². The fourth-order valence-electron chi connectivity index (χ4n) is 1.42. The number of hydrazone groups is 1. The van der Waals surface area contributed by atoms with Crippen LogP contribution in [0.3, 0.4) is 0 Å². The smallest absolute Gasteiger partial charge is 0.365 e. The lowest BCUT2D eigenvalue weighted by molar-refractivity contribution is -0.485. The van der Waals surface area contributed by atoms with Gasteiger partial charge < -0.3 is 16.8 Å². The van der Waals surface area contributed by atoms with Crippen LogP contribution in [0.5, 0.6) is 0 Å². The second-order valence-corrected chi connectivity index (χ2v) is 4.16. The summed E-state index contributed by atoms with van der Waals surface area (Å²) in [6.45, 7) is 0.312. The molecule has 1 rings (SSSR count). The van der Waals surface area contributed by atoms with Gasteiger partial charge in [0.15, 0.2) is 11.3 Å². The number of hydrogen-bond donors (Lipinski definition) is 3. The molecule has 0 heterocycles. The summed E-state index contributed by atoms with van der Waals surface area (Å²) in [5.74, 6) is -0.938. The van der Waals surface area contributed by atoms with Gasteiger partial charge in [0.2, 0.25) is 0 Å². The van der Waals surface area contributed by atoms with Crippen molar-refractivity contribution >= 4 is 11.9 Å². The average Bonchev–Trinajstić information content (AvgIpc) is 2.49. The van der Waals surface area contributed by atoms with E-state index in [9.17, 15) is 14.9 Å². The molecule has 1 atom stereocenters. The topological polar surface area (TPSA) is 155 Å². The lowest BCUT2D eigenvalue weighted by Gasteiger charge is -2.11. The Morgan fingerprint density at radius 1 is 1.41 bits per heavy atom. The van der Waals surface area contributed by atoms with E-state index in [1.165, 1.54) is 0 Å². The zero-order valence-electron chi connectivity index (χ0n) is 11.7. The first-order valence-corrected chi connectivity index (χ1v) is 6.39. The number of rotatable bonds is 8. The van der Waals surface area contributed by atoms with Crippen molar-refractivity contribution in [2.75, 3.05) is 6.54 Å². The van der Waals surface area contributed by atoms with Gasteiger partial charge in [-0.1, -0.05) is 18.2 Å². The zero-order valence-corrected chi connectivity index (χ0v) is 11.7. The van der Waals surface area contributed by atoms with Crippen molar-refractivity contribution in [1.82, 2.24) is 5.32 Å². The van der Waals surface area contributed by atoms with Crippen LogP contribution in [0.4, 0.5) is 0 Å². The SMILES string of the molecule is N/C(=N/[N+](=O)[O-])NCCCC(N)OOC(=O)c1ccccc1. The van der Waals surface area contributed by atoms with Crippen LogP contribution in [-0.4, -0.2) is 29.7 Å². The Kier molecular flexibility index (Phi) is 7.29. The Balaban J connectivity index is 2.17. The van der Waals surface area contributed by atoms with Crippen molar-refractivity contribution in [1.29, 1.82) is 0 Å². The van der Waals surface area contributed by atoms with Crippen molar-refractivity contribution in [2.24, 2.45) is 16.6 Å². The van der Waals surface area contributed by atoms with Crippen LogP contribution < -0.4 is 16.8 Å². The van der Waals surface area contributed by atoms with Gasteiger partial charge >= 0.3 is 5.97 Å². The lowest BCUT2D eigenvalue weighted by Crippen LogP contribution is -2.34. The molecule has 0 amide bonds. The maximum atomic E-state index is 11.6. The van der Waals surface area contributed by atoms with Gasteiger partial charge in [-0.3, -0.25) is 4.89 Å². The maximum absolute atomic E-state index is 11.6. The van der Waals surface area contributed by atoms with Crippen molar-refractivity contribution in [3.8, 4) is 0 Å². The van der Waals surface area contributed by atoms with Crippen molar-refractivity contribution < 1.29 is 19.6 Å². The molecule has 0 bridgehead atoms. The standard InChI is InChI=1S/C12H17N5O5/c13-10(7-4-8-15-12(14)16-17(19)20)21-22-11(18)9-5-2-1-3-6-9/h1-3,5-6,10H,4,7-8,13H2,(H3,14,15,16). The molecule has 0 aliphatic heterocycles. The third-order valence-electron chi connectivity index (χ3n) is 2.42. The number of hydrogen-bond acceptors (Lipinski definition) is 6. The average molecular weight is 311 g/mol. The van der Waals surface area contributed by atoms with Crippen LogP contribution in [0, 0.1) is 10.1 Å². The molecule has 0 radical (unpaired) electrons. The van der Waals surface area contributed by atoms with E-state index in [0.717, 1.165) is 0 Å². The van der Waals surface area contributed by atoms with Crippen LogP contribution in [0.1, 0.15) is 23.2 Å². The second kappa shape index (κ2) is 9.26. The number of carbonyl (C=O) groups is 1. The lowest BCUT2D eigenvalue weighted by atomic mass is 10.2. The van der Waals surface area contributed by atoms with Crippen LogP contribution in [0.25, 0.3) is 0 Å². The third-order valence-corrected chi connectivity index (χ3v) is 2.42. The van der Waals surface area contributed by atoms with E-state index in [2.05, 4.69) is 15.3 Å². The zero-order chi connectivity index (χ0) is 16.4. The van der Waals surface area contributed by atoms with E-state index in [4.69, 9.17) is 16.4 Å². The molecule has 5 N–H and O–H groups in total. The number of nitrogens with two attached hydrogens (primary N) is 2. The number of guanidine groups is 1. The van der Waals surface area contributed by atoms with E-state index in [1.807, 2.05) is 0 Å². The largest absolute Gasteiger partial charge is 0.373 e. The van der Waals surface area contributed by atoms with Crippen LogP contribution in [0.2, 0.25) is 0 Å². The number of nitrogens with zero attached hydrogens (tertiary/aromatic N) is 2. The van der Waals surface area contributed by atoms with E-state index in [-0.39, 0.29) is 5.96 Å². The molecule has 0 fully saturated rings. The number of nitrogens with one attached hydrogen (secondary N) is 1. The highest BCUT2D eigenvalue weighted by atomic mass is 17.2. The molecule has 1 aromatic rings. The molecule has 0 spiro atoms. The van der Waals surface area contributed by atoms with Gasteiger partial charge in [0.1, 0.15) is 5.10 Å². The quantitative estimate of drug-likeness (QED) is 0.115. The predicted molar refractivity (Wildman–Crippen MR) is 76.8 cm³/mol. The van der Waals surface area contributed by atoms with Gasteiger partial charge in [-0.25, -0.2) is 14.9 Å². The summed E-state index contributed by atoms with van der Waals surface area (Å²) in [6.07, 6.45) is 0.0156. The number of carbonyl (C=O) groups excluding carboxylic acids is 1. The highest BCUT2D eigenvalue weighted by Crippen LogP contribution is 2.03. The number of benzene rings is 1. The van der Waals surface area contributed by atoms with Crippen molar-refractivity contribution in [2.45, 2.75) is 19.1 Å². The molecule has 0 aromatic heterocycles. The van der Waals surface area contributed by atoms with Gasteiger partial charge in [0, 0.05) is 6.54 Å². The Bertz CT molecular complexity index is 522. The fourth-order valence-corrected chi connectivity index (χ4v) is 1.42. The molecule has 120 valence electrons. The van der Waals surface area contributed by atoms with E-state index in [1.54, 1.807) is 30.3 Å². The Labute approximate surface area is 126 Å². The third kappa shape index (κ3) is 7.17. The molecular formula is C12H17N5O5. The minimum atomic E-state index is -0.903. The molecular weight excluding hydrogens is 294 g/mol. The molecule has 0 aliphatic rings. The molecule has 22 heavy (non-hydrogen) atoms. The minimum Gasteiger partial charge on any atom is -0.365 e. The first-order valence-electron chi connectivity index (χ1n) is 6.39. The van der Waals surface area contributed by atoms with Gasteiger partial charge in [0.05, 0.1) is 5.56 Å². The van der Waals surface area contributed by atoms with E-state index >= 15 is 0 Å². The summed E-state index contributed by atoms with van der Waals surface area (Å²) in [5, 5.41) is 14.5. The summed E-state index contributed by atoms with van der Waals surface area (Å²) >= 11 is 0. The molecule has 10 nitrogen and oxygen atoms in total. The normalized spacial score (nSPS) is 12.5. The van der Waals surface area contributed by atoms with Gasteiger partial charge in [0.25, 0.3) is 5.96 Å². The summed E-state index contributed by atoms with van der Waals surface area (Å²) in [4.78, 5) is 30.9. The highest BCUT2D eigenvalue weighted by molar-refractivity contribution is 5.88. The molecule has 0 saturated heterocycles. The summed E-state index contributed by atoms with van der Waals surface area (Å²) in [7, 11) is 0. The monoisotopic (exact) mass is 311 g/mol. The first-order chi connectivity index (χ1) is 10.5. The predicted octanol–water partition coefficient (Wildman–Crippen LogP) is -0.0640. The molecule has 1 unspecified atom stereocenters. The Morgan fingerprint density at radius 2 is 2.09 bits per heavy atom. The highest BCUT2D eigenvalue weighted by Gasteiger charge is 2.11. The Morgan fingerprint density at radius 3 is 2.73 bits per heavy atom. The minimum absolute atomic E-state index is 0.296. The molecule has 0 saturated carbocycles. The first kappa shape index (κ1) is 17.3. The maximum Gasteiger partial charge on any atom is 0.373 e. The molecule has 0 aliphatic carbocycles. The van der Waals surface area contributed by atoms with Gasteiger partial charge in [-0.05, 0) is 25.0 Å². The molecule has 1 aromatic carbocycles. The summed E-state index contributed by atoms with van der Waals surface area (Å²) in [5.41, 5.74) is 11.2. The van der Waals surface area contributed by atoms with Crippen LogP contribution in [-0.2, 0) is 9.78 Å². The van der Waals surface area contributed by atoms with Crippen LogP contribution in [0.15, 0.2) is 35.4 Å². The number of nitro groups is 1. The van der Waals surface area contributed by atoms with Crippen LogP contribution >= 0.6 is 0 Å². The second-order valence-electron chi connectivity index (χ2n) is 4.16. The Hall–Kier alpha value is -2.72. The van der Waals surface area contributed by atoms with Crippen molar-refractivity contribution in [3.63, 3.8) is 0 Å². The van der Waals surface area contributed by atoms with E-state index < -0.39 is 17.2 Å². The summed E-state index contributed by atoms with van der Waals surface area (Å²) in [6, 6.07) is 8.32. The van der Waals surface area contributed by atoms with E-state index in [0.29, 0.717) is 24.9 Å². The fraction of sp³-hybridized carbons (Fsp3) is 0.333. The summed E-state index contributed by atoms with van der Waals surface area (Å²) < 4.78 is 0. The molecule has 10 heteroatoms. The van der Waals surface area contributed by atoms with Crippen molar-refractivity contribution in [3.05, 3.63) is 46.0 Å².